The summed E-state index contributed by atoms with van der Waals surface area (Å²) in [5.74, 6) is 0.662. The van der Waals surface area contributed by atoms with Crippen molar-refractivity contribution in [3.63, 3.8) is 0 Å². The summed E-state index contributed by atoms with van der Waals surface area (Å²) >= 11 is 0. The monoisotopic (exact) mass is 162 g/mol. The molecule has 0 fully saturated rings. The number of carbonyl (C=O) groups is 1. The molecule has 2 aromatic heterocycles. The zero-order valence-electron chi connectivity index (χ0n) is 6.11. The predicted molar refractivity (Wildman–Crippen MR) is 43.7 cm³/mol. The first-order valence-corrected chi connectivity index (χ1v) is 3.37. The predicted octanol–water partition coefficient (Wildman–Crippen LogP) is 0.353. The van der Waals surface area contributed by atoms with Crippen LogP contribution < -0.4 is 5.73 Å². The van der Waals surface area contributed by atoms with E-state index in [4.69, 9.17) is 5.73 Å². The maximum Gasteiger partial charge on any atom is 0.185 e. The Hall–Kier alpha value is -1.91. The van der Waals surface area contributed by atoms with Crippen molar-refractivity contribution < 1.29 is 4.79 Å². The number of anilines is 1. The van der Waals surface area contributed by atoms with Crippen molar-refractivity contribution >= 4 is 23.3 Å². The number of nitrogens with one attached hydrogen (secondary N) is 1. The average molecular weight is 162 g/mol. The summed E-state index contributed by atoms with van der Waals surface area (Å²) in [6.45, 7) is 0. The summed E-state index contributed by atoms with van der Waals surface area (Å²) in [6.07, 6.45) is 0.637. The molecule has 0 aliphatic carbocycles. The number of rotatable bonds is 1. The summed E-state index contributed by atoms with van der Waals surface area (Å²) in [7, 11) is 0. The minimum absolute atomic E-state index is 0.267. The van der Waals surface area contributed by atoms with Gasteiger partial charge < -0.3 is 10.7 Å². The minimum atomic E-state index is 0.267. The molecule has 0 radical (unpaired) electrons. The van der Waals surface area contributed by atoms with Gasteiger partial charge in [0.2, 0.25) is 0 Å². The zero-order valence-corrected chi connectivity index (χ0v) is 6.11. The molecule has 3 N–H and O–H groups in total. The number of imidazole rings is 1. The fraction of sp³-hybridized carbons (Fsp3) is 0. The maximum absolute atomic E-state index is 10.3. The number of fused-ring (bicyclic) bond motifs is 1. The number of aromatic amines is 1. The third kappa shape index (κ3) is 0.914. The van der Waals surface area contributed by atoms with Crippen LogP contribution in [-0.4, -0.2) is 21.2 Å². The second kappa shape index (κ2) is 2.30. The van der Waals surface area contributed by atoms with Gasteiger partial charge in [0.25, 0.3) is 0 Å². The molecular formula is C7H6N4O. The summed E-state index contributed by atoms with van der Waals surface area (Å²) in [4.78, 5) is 20.9. The molecule has 0 aromatic carbocycles. The average Bonchev–Trinajstić information content (AvgIpc) is 2.46. The first kappa shape index (κ1) is 6.78. The van der Waals surface area contributed by atoms with E-state index in [0.717, 1.165) is 0 Å². The lowest BCUT2D eigenvalue weighted by atomic mass is 10.4. The number of nitrogens with two attached hydrogens (primary N) is 1. The number of H-pyrrole nitrogens is 1. The third-order valence-electron chi connectivity index (χ3n) is 1.50. The van der Waals surface area contributed by atoms with Crippen LogP contribution in [0.5, 0.6) is 0 Å². The van der Waals surface area contributed by atoms with Gasteiger partial charge in [-0.3, -0.25) is 4.79 Å². The van der Waals surface area contributed by atoms with E-state index in [2.05, 4.69) is 15.0 Å². The number of pyridine rings is 1. The molecule has 0 atom stereocenters. The van der Waals surface area contributed by atoms with Gasteiger partial charge in [-0.15, -0.1) is 0 Å². The van der Waals surface area contributed by atoms with Crippen LogP contribution in [0.25, 0.3) is 11.2 Å². The van der Waals surface area contributed by atoms with Gasteiger partial charge in [-0.25, -0.2) is 9.97 Å². The van der Waals surface area contributed by atoms with E-state index < -0.39 is 0 Å². The van der Waals surface area contributed by atoms with Crippen molar-refractivity contribution in [3.8, 4) is 0 Å². The van der Waals surface area contributed by atoms with Gasteiger partial charge in [-0.1, -0.05) is 0 Å². The lowest BCUT2D eigenvalue weighted by molar-refractivity contribution is 0.111. The van der Waals surface area contributed by atoms with Gasteiger partial charge in [-0.05, 0) is 12.1 Å². The normalized spacial score (nSPS) is 10.3. The molecule has 0 unspecified atom stereocenters. The highest BCUT2D eigenvalue weighted by Gasteiger charge is 2.01. The summed E-state index contributed by atoms with van der Waals surface area (Å²) in [5.41, 5.74) is 6.60. The topological polar surface area (TPSA) is 84.7 Å². The number of aromatic nitrogens is 3. The van der Waals surface area contributed by atoms with Crippen LogP contribution in [-0.2, 0) is 0 Å². The molecule has 0 aliphatic heterocycles. The third-order valence-corrected chi connectivity index (χ3v) is 1.50. The smallest absolute Gasteiger partial charge is 0.185 e. The molecule has 0 saturated carbocycles. The van der Waals surface area contributed by atoms with Crippen molar-refractivity contribution in [2.75, 3.05) is 5.73 Å². The molecule has 0 aliphatic rings. The summed E-state index contributed by atoms with van der Waals surface area (Å²) in [5, 5.41) is 0. The van der Waals surface area contributed by atoms with Crippen LogP contribution in [0.15, 0.2) is 12.1 Å². The van der Waals surface area contributed by atoms with E-state index in [1.54, 1.807) is 12.1 Å². The van der Waals surface area contributed by atoms with E-state index >= 15 is 0 Å². The highest BCUT2D eigenvalue weighted by molar-refractivity contribution is 5.80. The van der Waals surface area contributed by atoms with Gasteiger partial charge in [0, 0.05) is 0 Å². The SMILES string of the molecule is Nc1ccc2[nH]c(C=O)nc2n1. The molecule has 0 saturated heterocycles. The van der Waals surface area contributed by atoms with E-state index in [1.807, 2.05) is 0 Å². The Balaban J connectivity index is 2.75. The molecule has 2 heterocycles. The molecule has 5 heteroatoms. The number of nitrogen functional groups attached to an aromatic ring is 1. The largest absolute Gasteiger partial charge is 0.384 e. The van der Waals surface area contributed by atoms with Crippen molar-refractivity contribution in [1.29, 1.82) is 0 Å². The van der Waals surface area contributed by atoms with E-state index in [-0.39, 0.29) is 5.82 Å². The number of nitrogens with zero attached hydrogens (tertiary/aromatic N) is 2. The molecule has 0 amide bonds. The molecular weight excluding hydrogens is 156 g/mol. The molecule has 2 rings (SSSR count). The highest BCUT2D eigenvalue weighted by atomic mass is 16.1. The lowest BCUT2D eigenvalue weighted by Crippen LogP contribution is -1.88. The molecule has 12 heavy (non-hydrogen) atoms. The molecule has 0 bridgehead atoms. The summed E-state index contributed by atoms with van der Waals surface area (Å²) < 4.78 is 0. The quantitative estimate of drug-likeness (QED) is 0.592. The number of aldehydes is 1. The first-order valence-electron chi connectivity index (χ1n) is 3.37. The fourth-order valence-corrected chi connectivity index (χ4v) is 0.982. The zero-order chi connectivity index (χ0) is 8.55. The van der Waals surface area contributed by atoms with Crippen LogP contribution in [0.2, 0.25) is 0 Å². The van der Waals surface area contributed by atoms with Gasteiger partial charge in [0.05, 0.1) is 5.52 Å². The molecule has 5 nitrogen and oxygen atoms in total. The molecule has 2 aromatic rings. The Morgan fingerprint density at radius 2 is 2.25 bits per heavy atom. The van der Waals surface area contributed by atoms with Crippen molar-refractivity contribution in [1.82, 2.24) is 15.0 Å². The minimum Gasteiger partial charge on any atom is -0.384 e. The second-order valence-electron chi connectivity index (χ2n) is 2.35. The van der Waals surface area contributed by atoms with Crippen LogP contribution in [0.3, 0.4) is 0 Å². The second-order valence-corrected chi connectivity index (χ2v) is 2.35. The van der Waals surface area contributed by atoms with Gasteiger partial charge in [-0.2, -0.15) is 0 Å². The summed E-state index contributed by atoms with van der Waals surface area (Å²) in [6, 6.07) is 3.38. The van der Waals surface area contributed by atoms with Crippen LogP contribution in [0.4, 0.5) is 5.82 Å². The molecule has 0 spiro atoms. The molecule has 60 valence electrons. The first-order chi connectivity index (χ1) is 5.79. The van der Waals surface area contributed by atoms with E-state index in [9.17, 15) is 4.79 Å². The van der Waals surface area contributed by atoms with Crippen molar-refractivity contribution in [3.05, 3.63) is 18.0 Å². The Kier molecular flexibility index (Phi) is 1.30. The van der Waals surface area contributed by atoms with Gasteiger partial charge >= 0.3 is 0 Å². The van der Waals surface area contributed by atoms with E-state index in [1.165, 1.54) is 0 Å². The number of hydrogen-bond donors (Lipinski definition) is 2. The van der Waals surface area contributed by atoms with E-state index in [0.29, 0.717) is 23.3 Å². The fourth-order valence-electron chi connectivity index (χ4n) is 0.982. The standard InChI is InChI=1S/C7H6N4O/c8-5-2-1-4-7(10-5)11-6(3-12)9-4/h1-3H,(H3,8,9,10,11). The Labute approximate surface area is 67.6 Å². The van der Waals surface area contributed by atoms with Gasteiger partial charge in [0.15, 0.2) is 17.8 Å². The van der Waals surface area contributed by atoms with Crippen LogP contribution in [0, 0.1) is 0 Å². The number of carbonyl (C=O) groups excluding carboxylic acids is 1. The highest BCUT2D eigenvalue weighted by Crippen LogP contribution is 2.09. The maximum atomic E-state index is 10.3. The lowest BCUT2D eigenvalue weighted by Gasteiger charge is -1.88. The Morgan fingerprint density at radius 3 is 3.00 bits per heavy atom. The van der Waals surface area contributed by atoms with Crippen molar-refractivity contribution in [2.24, 2.45) is 0 Å². The van der Waals surface area contributed by atoms with Gasteiger partial charge in [0.1, 0.15) is 5.82 Å². The number of hydrogen-bond acceptors (Lipinski definition) is 4. The van der Waals surface area contributed by atoms with Crippen LogP contribution >= 0.6 is 0 Å². The van der Waals surface area contributed by atoms with Crippen molar-refractivity contribution in [2.45, 2.75) is 0 Å². The van der Waals surface area contributed by atoms with Crippen LogP contribution in [0.1, 0.15) is 10.6 Å². The Bertz CT molecular complexity index is 434. The Morgan fingerprint density at radius 1 is 1.42 bits per heavy atom.